The summed E-state index contributed by atoms with van der Waals surface area (Å²) in [6.45, 7) is 10.2. The maximum Gasteiger partial charge on any atom is 0.222 e. The van der Waals surface area contributed by atoms with Gasteiger partial charge in [0.1, 0.15) is 0 Å². The molecule has 27 heavy (non-hydrogen) atoms. The zero-order valence-corrected chi connectivity index (χ0v) is 18.1. The molecule has 1 fully saturated rings. The molecule has 1 heterocycles. The van der Waals surface area contributed by atoms with E-state index in [1.807, 2.05) is 0 Å². The standard InChI is InChI=1S/C18H37N5O3S/c1-5-23(6-2)12-7-8-15(3)21-18(19-4)20-11-9-17(24)22-16-10-13-27(25,26)14-16/h15-16H,5-14H2,1-4H3,(H,22,24)(H2,19,20,21). The van der Waals surface area contributed by atoms with Gasteiger partial charge in [-0.25, -0.2) is 8.42 Å². The van der Waals surface area contributed by atoms with Gasteiger partial charge in [-0.2, -0.15) is 0 Å². The molecule has 0 spiro atoms. The highest BCUT2D eigenvalue weighted by Crippen LogP contribution is 2.11. The van der Waals surface area contributed by atoms with Crippen LogP contribution in [0.2, 0.25) is 0 Å². The zero-order chi connectivity index (χ0) is 20.3. The molecule has 1 aliphatic heterocycles. The maximum atomic E-state index is 12.0. The Morgan fingerprint density at radius 1 is 1.30 bits per heavy atom. The van der Waals surface area contributed by atoms with Crippen LogP contribution in [-0.2, 0) is 14.6 Å². The molecular formula is C18H37N5O3S. The first-order valence-corrected chi connectivity index (χ1v) is 11.8. The zero-order valence-electron chi connectivity index (χ0n) is 17.3. The van der Waals surface area contributed by atoms with Crippen LogP contribution in [-0.4, -0.2) is 82.0 Å². The minimum atomic E-state index is -2.97. The van der Waals surface area contributed by atoms with Crippen molar-refractivity contribution in [1.82, 2.24) is 20.9 Å². The van der Waals surface area contributed by atoms with Crippen molar-refractivity contribution in [2.24, 2.45) is 4.99 Å². The lowest BCUT2D eigenvalue weighted by Gasteiger charge is -2.21. The Morgan fingerprint density at radius 3 is 2.56 bits per heavy atom. The van der Waals surface area contributed by atoms with E-state index >= 15 is 0 Å². The lowest BCUT2D eigenvalue weighted by Crippen LogP contribution is -2.44. The van der Waals surface area contributed by atoms with Gasteiger partial charge in [0.05, 0.1) is 11.5 Å². The quantitative estimate of drug-likeness (QED) is 0.340. The maximum absolute atomic E-state index is 12.0. The normalized spacial score (nSPS) is 20.5. The van der Waals surface area contributed by atoms with Gasteiger partial charge in [-0.1, -0.05) is 13.8 Å². The van der Waals surface area contributed by atoms with Gasteiger partial charge in [0.15, 0.2) is 15.8 Å². The van der Waals surface area contributed by atoms with Crippen LogP contribution in [0, 0.1) is 0 Å². The van der Waals surface area contributed by atoms with E-state index in [0.717, 1.165) is 32.5 Å². The summed E-state index contributed by atoms with van der Waals surface area (Å²) in [5.41, 5.74) is 0. The van der Waals surface area contributed by atoms with Crippen LogP contribution in [0.25, 0.3) is 0 Å². The van der Waals surface area contributed by atoms with Crippen LogP contribution in [0.1, 0.15) is 46.5 Å². The second-order valence-electron chi connectivity index (χ2n) is 7.13. The third kappa shape index (κ3) is 9.95. The molecule has 0 aliphatic carbocycles. The lowest BCUT2D eigenvalue weighted by molar-refractivity contribution is -0.121. The summed E-state index contributed by atoms with van der Waals surface area (Å²) in [6.07, 6.45) is 2.97. The number of carbonyl (C=O) groups is 1. The van der Waals surface area contributed by atoms with Crippen molar-refractivity contribution in [2.45, 2.75) is 58.5 Å². The number of hydrogen-bond acceptors (Lipinski definition) is 5. The summed E-state index contributed by atoms with van der Waals surface area (Å²) in [6, 6.07) is 0.0510. The van der Waals surface area contributed by atoms with Crippen LogP contribution in [0.3, 0.4) is 0 Å². The van der Waals surface area contributed by atoms with E-state index in [4.69, 9.17) is 0 Å². The number of guanidine groups is 1. The van der Waals surface area contributed by atoms with E-state index in [-0.39, 0.29) is 29.9 Å². The molecule has 1 rings (SSSR count). The predicted octanol–water partition coefficient (Wildman–Crippen LogP) is 0.355. The van der Waals surface area contributed by atoms with E-state index in [1.165, 1.54) is 0 Å². The molecule has 3 N–H and O–H groups in total. The van der Waals surface area contributed by atoms with E-state index in [2.05, 4.69) is 46.6 Å². The molecule has 0 aromatic heterocycles. The third-order valence-electron chi connectivity index (χ3n) is 4.85. The van der Waals surface area contributed by atoms with Gasteiger partial charge in [-0.05, 0) is 45.8 Å². The number of rotatable bonds is 11. The largest absolute Gasteiger partial charge is 0.356 e. The molecule has 0 saturated carbocycles. The average Bonchev–Trinajstić information content (AvgIpc) is 2.96. The van der Waals surface area contributed by atoms with Gasteiger partial charge >= 0.3 is 0 Å². The topological polar surface area (TPSA) is 103 Å². The Bertz CT molecular complexity index is 576. The summed E-state index contributed by atoms with van der Waals surface area (Å²) in [5.74, 6) is 0.771. The van der Waals surface area contributed by atoms with Crippen molar-refractivity contribution in [3.8, 4) is 0 Å². The Balaban J connectivity index is 2.20. The van der Waals surface area contributed by atoms with Crippen molar-refractivity contribution < 1.29 is 13.2 Å². The number of nitrogens with zero attached hydrogens (tertiary/aromatic N) is 2. The fourth-order valence-electron chi connectivity index (χ4n) is 3.16. The van der Waals surface area contributed by atoms with E-state index in [0.29, 0.717) is 25.0 Å². The van der Waals surface area contributed by atoms with Crippen molar-refractivity contribution in [1.29, 1.82) is 0 Å². The molecule has 0 bridgehead atoms. The molecule has 2 unspecified atom stereocenters. The summed E-state index contributed by atoms with van der Waals surface area (Å²) in [5, 5.41) is 9.28. The molecule has 1 saturated heterocycles. The van der Waals surface area contributed by atoms with Gasteiger partial charge < -0.3 is 20.9 Å². The number of sulfone groups is 1. The van der Waals surface area contributed by atoms with E-state index < -0.39 is 9.84 Å². The molecule has 1 aliphatic rings. The minimum Gasteiger partial charge on any atom is -0.356 e. The molecule has 0 aromatic carbocycles. The van der Waals surface area contributed by atoms with Crippen molar-refractivity contribution >= 4 is 21.7 Å². The lowest BCUT2D eigenvalue weighted by atomic mass is 10.2. The van der Waals surface area contributed by atoms with Gasteiger partial charge in [0, 0.05) is 32.1 Å². The fourth-order valence-corrected chi connectivity index (χ4v) is 4.84. The summed E-state index contributed by atoms with van der Waals surface area (Å²) < 4.78 is 22.8. The van der Waals surface area contributed by atoms with Gasteiger partial charge in [-0.15, -0.1) is 0 Å². The molecule has 9 heteroatoms. The van der Waals surface area contributed by atoms with Crippen LogP contribution in [0.15, 0.2) is 4.99 Å². The molecule has 158 valence electrons. The van der Waals surface area contributed by atoms with Crippen LogP contribution >= 0.6 is 0 Å². The van der Waals surface area contributed by atoms with Crippen molar-refractivity contribution in [3.63, 3.8) is 0 Å². The highest BCUT2D eigenvalue weighted by molar-refractivity contribution is 7.91. The number of hydrogen-bond donors (Lipinski definition) is 3. The van der Waals surface area contributed by atoms with Crippen molar-refractivity contribution in [2.75, 3.05) is 44.7 Å². The Hall–Kier alpha value is -1.35. The van der Waals surface area contributed by atoms with Crippen LogP contribution in [0.4, 0.5) is 0 Å². The first kappa shape index (κ1) is 23.7. The number of amides is 1. The molecular weight excluding hydrogens is 366 g/mol. The first-order valence-electron chi connectivity index (χ1n) is 9.99. The second-order valence-corrected chi connectivity index (χ2v) is 9.36. The second kappa shape index (κ2) is 12.2. The van der Waals surface area contributed by atoms with Crippen LogP contribution in [0.5, 0.6) is 0 Å². The van der Waals surface area contributed by atoms with Gasteiger partial charge in [0.25, 0.3) is 0 Å². The fraction of sp³-hybridized carbons (Fsp3) is 0.889. The monoisotopic (exact) mass is 403 g/mol. The third-order valence-corrected chi connectivity index (χ3v) is 6.62. The first-order chi connectivity index (χ1) is 12.8. The SMILES string of the molecule is CCN(CC)CCCC(C)NC(=NC)NCCC(=O)NC1CCS(=O)(=O)C1. The Kier molecular flexibility index (Phi) is 10.7. The van der Waals surface area contributed by atoms with Gasteiger partial charge in [-0.3, -0.25) is 9.79 Å². The van der Waals surface area contributed by atoms with Crippen LogP contribution < -0.4 is 16.0 Å². The number of nitrogens with one attached hydrogen (secondary N) is 3. The highest BCUT2D eigenvalue weighted by Gasteiger charge is 2.28. The Morgan fingerprint density at radius 2 is 2.00 bits per heavy atom. The predicted molar refractivity (Wildman–Crippen MR) is 111 cm³/mol. The minimum absolute atomic E-state index is 0.0560. The number of aliphatic imine (C=N–C) groups is 1. The summed E-state index contributed by atoms with van der Waals surface area (Å²) >= 11 is 0. The van der Waals surface area contributed by atoms with Crippen molar-refractivity contribution in [3.05, 3.63) is 0 Å². The summed E-state index contributed by atoms with van der Waals surface area (Å²) in [4.78, 5) is 18.6. The molecule has 2 atom stereocenters. The van der Waals surface area contributed by atoms with E-state index in [9.17, 15) is 13.2 Å². The number of carbonyl (C=O) groups excluding carboxylic acids is 1. The highest BCUT2D eigenvalue weighted by atomic mass is 32.2. The molecule has 0 radical (unpaired) electrons. The smallest absolute Gasteiger partial charge is 0.222 e. The molecule has 1 amide bonds. The Labute approximate surface area is 164 Å². The van der Waals surface area contributed by atoms with E-state index in [1.54, 1.807) is 7.05 Å². The molecule has 0 aromatic rings. The summed E-state index contributed by atoms with van der Waals surface area (Å²) in [7, 11) is -1.26. The average molecular weight is 404 g/mol. The molecule has 8 nitrogen and oxygen atoms in total. The van der Waals surface area contributed by atoms with Gasteiger partial charge in [0.2, 0.25) is 5.91 Å².